The van der Waals surface area contributed by atoms with Crippen LogP contribution < -0.4 is 15.0 Å². The van der Waals surface area contributed by atoms with E-state index in [9.17, 15) is 0 Å². The third-order valence-electron chi connectivity index (χ3n) is 3.27. The van der Waals surface area contributed by atoms with Gasteiger partial charge in [0.2, 0.25) is 0 Å². The first-order valence-electron chi connectivity index (χ1n) is 6.33. The summed E-state index contributed by atoms with van der Waals surface area (Å²) in [6.07, 6.45) is 1.18. The van der Waals surface area contributed by atoms with E-state index in [1.165, 1.54) is 17.7 Å². The van der Waals surface area contributed by atoms with E-state index in [-0.39, 0.29) is 0 Å². The Kier molecular flexibility index (Phi) is 3.89. The van der Waals surface area contributed by atoms with E-state index < -0.39 is 0 Å². The van der Waals surface area contributed by atoms with Gasteiger partial charge in [0.25, 0.3) is 0 Å². The first-order valence-corrected chi connectivity index (χ1v) is 6.33. The number of anilines is 1. The maximum atomic E-state index is 5.47. The molecule has 94 valence electrons. The fourth-order valence-corrected chi connectivity index (χ4v) is 2.37. The number of ether oxygens (including phenoxy) is 1. The molecule has 1 unspecified atom stereocenters. The number of nitrogens with zero attached hydrogens (tertiary/aromatic N) is 1. The largest absolute Gasteiger partial charge is 0.495 e. The van der Waals surface area contributed by atoms with Crippen molar-refractivity contribution in [3.05, 3.63) is 23.8 Å². The van der Waals surface area contributed by atoms with Gasteiger partial charge in [-0.3, -0.25) is 0 Å². The molecular weight excluding hydrogens is 212 g/mol. The minimum atomic E-state index is 0.530. The standard InChI is InChI=1S/C14H22N2O/c1-11-5-6-14(17-3)13(9-11)16-8-4-7-15-12(2)10-16/h5-6,9,12,15H,4,7-8,10H2,1-3H3. The molecule has 1 saturated heterocycles. The highest BCUT2D eigenvalue weighted by molar-refractivity contribution is 5.60. The monoisotopic (exact) mass is 234 g/mol. The molecule has 1 heterocycles. The van der Waals surface area contributed by atoms with Crippen molar-refractivity contribution in [2.24, 2.45) is 0 Å². The number of nitrogens with one attached hydrogen (secondary N) is 1. The topological polar surface area (TPSA) is 24.5 Å². The van der Waals surface area contributed by atoms with Gasteiger partial charge in [-0.05, 0) is 44.5 Å². The number of hydrogen-bond acceptors (Lipinski definition) is 3. The molecule has 0 spiro atoms. The molecule has 0 radical (unpaired) electrons. The van der Waals surface area contributed by atoms with Crippen molar-refractivity contribution in [2.45, 2.75) is 26.3 Å². The van der Waals surface area contributed by atoms with Gasteiger partial charge in [0.15, 0.2) is 0 Å². The molecule has 1 N–H and O–H groups in total. The van der Waals surface area contributed by atoms with Crippen LogP contribution in [0.3, 0.4) is 0 Å². The quantitative estimate of drug-likeness (QED) is 0.849. The van der Waals surface area contributed by atoms with Gasteiger partial charge >= 0.3 is 0 Å². The van der Waals surface area contributed by atoms with E-state index in [4.69, 9.17) is 4.74 Å². The smallest absolute Gasteiger partial charge is 0.142 e. The molecule has 0 saturated carbocycles. The molecule has 17 heavy (non-hydrogen) atoms. The Morgan fingerprint density at radius 1 is 1.41 bits per heavy atom. The van der Waals surface area contributed by atoms with Crippen LogP contribution in [0.15, 0.2) is 18.2 Å². The van der Waals surface area contributed by atoms with Crippen molar-refractivity contribution < 1.29 is 4.74 Å². The number of hydrogen-bond donors (Lipinski definition) is 1. The lowest BCUT2D eigenvalue weighted by Gasteiger charge is -2.26. The maximum absolute atomic E-state index is 5.47. The molecule has 0 aliphatic carbocycles. The summed E-state index contributed by atoms with van der Waals surface area (Å²) >= 11 is 0. The second kappa shape index (κ2) is 5.41. The van der Waals surface area contributed by atoms with Crippen LogP contribution in [0.5, 0.6) is 5.75 Å². The van der Waals surface area contributed by atoms with Crippen LogP contribution in [0.4, 0.5) is 5.69 Å². The molecule has 3 nitrogen and oxygen atoms in total. The molecule has 1 fully saturated rings. The zero-order valence-corrected chi connectivity index (χ0v) is 11.0. The fraction of sp³-hybridized carbons (Fsp3) is 0.571. The molecule has 1 aliphatic rings. The highest BCUT2D eigenvalue weighted by Gasteiger charge is 2.17. The van der Waals surface area contributed by atoms with Crippen molar-refractivity contribution in [3.63, 3.8) is 0 Å². The summed E-state index contributed by atoms with van der Waals surface area (Å²) in [5, 5.41) is 3.51. The molecule has 0 bridgehead atoms. The lowest BCUT2D eigenvalue weighted by Crippen LogP contribution is -2.35. The van der Waals surface area contributed by atoms with Gasteiger partial charge in [-0.25, -0.2) is 0 Å². The molecule has 2 rings (SSSR count). The van der Waals surface area contributed by atoms with Gasteiger partial charge in [0.1, 0.15) is 5.75 Å². The normalized spacial score (nSPS) is 21.1. The van der Waals surface area contributed by atoms with Crippen LogP contribution in [0, 0.1) is 6.92 Å². The van der Waals surface area contributed by atoms with E-state index in [0.29, 0.717) is 6.04 Å². The van der Waals surface area contributed by atoms with Gasteiger partial charge in [0.05, 0.1) is 12.8 Å². The lowest BCUT2D eigenvalue weighted by atomic mass is 10.1. The Labute approximate surface area is 104 Å². The van der Waals surface area contributed by atoms with Gasteiger partial charge < -0.3 is 15.0 Å². The van der Waals surface area contributed by atoms with Crippen LogP contribution in [0.2, 0.25) is 0 Å². The summed E-state index contributed by atoms with van der Waals surface area (Å²) in [5.74, 6) is 0.977. The summed E-state index contributed by atoms with van der Waals surface area (Å²) in [6.45, 7) is 7.60. The Bertz CT molecular complexity index is 378. The van der Waals surface area contributed by atoms with Crippen molar-refractivity contribution in [1.29, 1.82) is 0 Å². The zero-order chi connectivity index (χ0) is 12.3. The Morgan fingerprint density at radius 3 is 3.00 bits per heavy atom. The minimum Gasteiger partial charge on any atom is -0.495 e. The minimum absolute atomic E-state index is 0.530. The number of aryl methyl sites for hydroxylation is 1. The lowest BCUT2D eigenvalue weighted by molar-refractivity contribution is 0.414. The molecule has 1 aromatic carbocycles. The van der Waals surface area contributed by atoms with E-state index in [1.54, 1.807) is 7.11 Å². The summed E-state index contributed by atoms with van der Waals surface area (Å²) in [6, 6.07) is 6.91. The summed E-state index contributed by atoms with van der Waals surface area (Å²) in [5.41, 5.74) is 2.51. The fourth-order valence-electron chi connectivity index (χ4n) is 2.37. The predicted octanol–water partition coefficient (Wildman–Crippen LogP) is 2.19. The Morgan fingerprint density at radius 2 is 2.24 bits per heavy atom. The van der Waals surface area contributed by atoms with Crippen LogP contribution in [0.1, 0.15) is 18.9 Å². The van der Waals surface area contributed by atoms with Crippen LogP contribution in [0.25, 0.3) is 0 Å². The van der Waals surface area contributed by atoms with Crippen molar-refractivity contribution in [3.8, 4) is 5.75 Å². The van der Waals surface area contributed by atoms with Gasteiger partial charge in [-0.15, -0.1) is 0 Å². The van der Waals surface area contributed by atoms with Gasteiger partial charge in [0, 0.05) is 19.1 Å². The zero-order valence-electron chi connectivity index (χ0n) is 11.0. The molecule has 0 amide bonds. The van der Waals surface area contributed by atoms with Crippen molar-refractivity contribution >= 4 is 5.69 Å². The van der Waals surface area contributed by atoms with Crippen molar-refractivity contribution in [1.82, 2.24) is 5.32 Å². The number of rotatable bonds is 2. The Balaban J connectivity index is 2.27. The third-order valence-corrected chi connectivity index (χ3v) is 3.27. The molecule has 3 heteroatoms. The Hall–Kier alpha value is -1.22. The SMILES string of the molecule is COc1ccc(C)cc1N1CCCNC(C)C1. The van der Waals surface area contributed by atoms with Crippen LogP contribution in [-0.4, -0.2) is 32.8 Å². The highest BCUT2D eigenvalue weighted by atomic mass is 16.5. The van der Waals surface area contributed by atoms with Crippen LogP contribution >= 0.6 is 0 Å². The molecular formula is C14H22N2O. The maximum Gasteiger partial charge on any atom is 0.142 e. The van der Waals surface area contributed by atoms with E-state index in [2.05, 4.69) is 42.3 Å². The molecule has 1 aliphatic heterocycles. The van der Waals surface area contributed by atoms with Gasteiger partial charge in [-0.2, -0.15) is 0 Å². The molecule has 1 atom stereocenters. The molecule has 0 aromatic heterocycles. The summed E-state index contributed by atoms with van der Waals surface area (Å²) in [7, 11) is 1.74. The average molecular weight is 234 g/mol. The van der Waals surface area contributed by atoms with E-state index in [0.717, 1.165) is 25.4 Å². The van der Waals surface area contributed by atoms with Crippen molar-refractivity contribution in [2.75, 3.05) is 31.6 Å². The summed E-state index contributed by atoms with van der Waals surface area (Å²) in [4.78, 5) is 2.43. The van der Waals surface area contributed by atoms with E-state index in [1.807, 2.05) is 0 Å². The second-order valence-corrected chi connectivity index (χ2v) is 4.83. The van der Waals surface area contributed by atoms with Crippen LogP contribution in [-0.2, 0) is 0 Å². The summed E-state index contributed by atoms with van der Waals surface area (Å²) < 4.78 is 5.47. The second-order valence-electron chi connectivity index (χ2n) is 4.83. The average Bonchev–Trinajstić information content (AvgIpc) is 2.54. The number of methoxy groups -OCH3 is 1. The molecule has 1 aromatic rings. The number of benzene rings is 1. The van der Waals surface area contributed by atoms with Gasteiger partial charge in [-0.1, -0.05) is 6.07 Å². The first kappa shape index (κ1) is 12.2. The first-order chi connectivity index (χ1) is 8.20. The highest BCUT2D eigenvalue weighted by Crippen LogP contribution is 2.29. The third kappa shape index (κ3) is 2.91. The predicted molar refractivity (Wildman–Crippen MR) is 72.0 cm³/mol. The van der Waals surface area contributed by atoms with E-state index >= 15 is 0 Å².